The number of hydrogen-bond donors (Lipinski definition) is 0. The van der Waals surface area contributed by atoms with Crippen molar-refractivity contribution >= 4 is 85.7 Å². The zero-order chi connectivity index (χ0) is 23.1. The maximum Gasteiger partial charge on any atom is 0.156 e. The van der Waals surface area contributed by atoms with Crippen LogP contribution in [0.25, 0.3) is 69.7 Å². The molecule has 0 aliphatic rings. The van der Waals surface area contributed by atoms with Crippen molar-refractivity contribution in [1.29, 1.82) is 0 Å². The summed E-state index contributed by atoms with van der Waals surface area (Å²) in [5.74, 6) is 0. The lowest BCUT2D eigenvalue weighted by Gasteiger charge is -2.09. The van der Waals surface area contributed by atoms with Crippen LogP contribution in [0.2, 0.25) is 0 Å². The minimum Gasteiger partial charge on any atom is -0.291 e. The highest BCUT2D eigenvalue weighted by Gasteiger charge is 2.18. The molecule has 0 amide bonds. The minimum atomic E-state index is 1.02. The van der Waals surface area contributed by atoms with Gasteiger partial charge < -0.3 is 0 Å². The number of thiophene rings is 1. The Kier molecular flexibility index (Phi) is 3.99. The molecule has 0 fully saturated rings. The van der Waals surface area contributed by atoms with E-state index in [-0.39, 0.29) is 0 Å². The molecule has 3 heterocycles. The number of pyridine rings is 1. The SMILES string of the molecule is Brc1ccc(-c2cc3c4cc5ccccc5cc4sc3c3nc4cc5ccccc5cc4n23)cc1. The van der Waals surface area contributed by atoms with E-state index in [9.17, 15) is 0 Å². The number of halogens is 1. The Balaban J connectivity index is 1.59. The predicted molar refractivity (Wildman–Crippen MR) is 154 cm³/mol. The van der Waals surface area contributed by atoms with Crippen LogP contribution in [-0.2, 0) is 0 Å². The zero-order valence-electron chi connectivity index (χ0n) is 18.5. The van der Waals surface area contributed by atoms with Crippen molar-refractivity contribution in [3.8, 4) is 11.3 Å². The van der Waals surface area contributed by atoms with Gasteiger partial charge in [-0.25, -0.2) is 4.98 Å². The van der Waals surface area contributed by atoms with Gasteiger partial charge in [0.2, 0.25) is 0 Å². The van der Waals surface area contributed by atoms with Crippen LogP contribution in [0.5, 0.6) is 0 Å². The molecule has 0 bridgehead atoms. The number of imidazole rings is 1. The Labute approximate surface area is 213 Å². The van der Waals surface area contributed by atoms with Gasteiger partial charge in [-0.2, -0.15) is 0 Å². The van der Waals surface area contributed by atoms with E-state index < -0.39 is 0 Å². The second-order valence-electron chi connectivity index (χ2n) is 9.04. The van der Waals surface area contributed by atoms with Crippen molar-refractivity contribution in [1.82, 2.24) is 9.38 Å². The predicted octanol–water partition coefficient (Wildman–Crippen LogP) is 9.59. The van der Waals surface area contributed by atoms with Gasteiger partial charge in [0.15, 0.2) is 5.65 Å². The summed E-state index contributed by atoms with van der Waals surface area (Å²) in [6.45, 7) is 0. The molecule has 0 unspecified atom stereocenters. The van der Waals surface area contributed by atoms with Crippen molar-refractivity contribution in [2.75, 3.05) is 0 Å². The molecule has 35 heavy (non-hydrogen) atoms. The zero-order valence-corrected chi connectivity index (χ0v) is 20.9. The van der Waals surface area contributed by atoms with Gasteiger partial charge in [-0.15, -0.1) is 11.3 Å². The number of nitrogens with zero attached hydrogens (tertiary/aromatic N) is 2. The Morgan fingerprint density at radius 1 is 0.657 bits per heavy atom. The van der Waals surface area contributed by atoms with E-state index in [4.69, 9.17) is 4.98 Å². The lowest BCUT2D eigenvalue weighted by atomic mass is 10.0. The van der Waals surface area contributed by atoms with E-state index in [0.717, 1.165) is 26.8 Å². The second-order valence-corrected chi connectivity index (χ2v) is 11.0. The number of aromatic nitrogens is 2. The first-order chi connectivity index (χ1) is 17.2. The largest absolute Gasteiger partial charge is 0.291 e. The summed E-state index contributed by atoms with van der Waals surface area (Å²) in [6, 6.07) is 37.2. The van der Waals surface area contributed by atoms with Gasteiger partial charge in [-0.1, -0.05) is 76.6 Å². The second kappa shape index (κ2) is 7.14. The van der Waals surface area contributed by atoms with Crippen LogP contribution in [0.15, 0.2) is 108 Å². The van der Waals surface area contributed by atoms with Crippen molar-refractivity contribution in [3.63, 3.8) is 0 Å². The van der Waals surface area contributed by atoms with E-state index in [2.05, 4.69) is 123 Å². The average molecular weight is 529 g/mol. The molecule has 8 rings (SSSR count). The molecule has 8 aromatic rings. The summed E-state index contributed by atoms with van der Waals surface area (Å²) in [7, 11) is 0. The third-order valence-corrected chi connectivity index (χ3v) is 8.67. The van der Waals surface area contributed by atoms with Crippen LogP contribution in [0, 0.1) is 0 Å². The highest BCUT2D eigenvalue weighted by atomic mass is 79.9. The first-order valence-electron chi connectivity index (χ1n) is 11.6. The van der Waals surface area contributed by atoms with E-state index >= 15 is 0 Å². The number of benzene rings is 5. The Morgan fingerprint density at radius 3 is 2.06 bits per heavy atom. The normalized spacial score (nSPS) is 12.1. The maximum absolute atomic E-state index is 5.23. The molecule has 2 nitrogen and oxygen atoms in total. The standard InChI is InChI=1S/C31H17BrN2S/c32-23-11-9-18(10-12-23)27-17-25-24-13-19-5-1-4-8-22(19)16-29(24)35-30(25)31-33-26-14-20-6-2-3-7-21(20)15-28(26)34(27)31/h1-17H. The van der Waals surface area contributed by atoms with Crippen molar-refractivity contribution < 1.29 is 0 Å². The molecular weight excluding hydrogens is 512 g/mol. The Morgan fingerprint density at radius 2 is 1.31 bits per heavy atom. The van der Waals surface area contributed by atoms with Gasteiger partial charge in [-0.05, 0) is 69.6 Å². The summed E-state index contributed by atoms with van der Waals surface area (Å²) >= 11 is 5.44. The molecule has 0 saturated heterocycles. The minimum absolute atomic E-state index is 1.02. The van der Waals surface area contributed by atoms with Crippen LogP contribution in [0.4, 0.5) is 0 Å². The molecule has 164 valence electrons. The van der Waals surface area contributed by atoms with Crippen LogP contribution >= 0.6 is 27.3 Å². The smallest absolute Gasteiger partial charge is 0.156 e. The van der Waals surface area contributed by atoms with Crippen LogP contribution in [0.3, 0.4) is 0 Å². The van der Waals surface area contributed by atoms with E-state index in [0.29, 0.717) is 0 Å². The first kappa shape index (κ1) is 19.6. The van der Waals surface area contributed by atoms with Gasteiger partial charge in [0.05, 0.1) is 21.4 Å². The van der Waals surface area contributed by atoms with Gasteiger partial charge in [0, 0.05) is 19.9 Å². The summed E-state index contributed by atoms with van der Waals surface area (Å²) in [5.41, 5.74) is 5.52. The van der Waals surface area contributed by atoms with Gasteiger partial charge in [0.1, 0.15) is 0 Å². The fourth-order valence-corrected chi connectivity index (χ4v) is 6.76. The lowest BCUT2D eigenvalue weighted by molar-refractivity contribution is 1.25. The summed E-state index contributed by atoms with van der Waals surface area (Å²) in [4.78, 5) is 5.23. The van der Waals surface area contributed by atoms with E-state index in [1.54, 1.807) is 0 Å². The molecule has 0 atom stereocenters. The van der Waals surface area contributed by atoms with Crippen molar-refractivity contribution in [2.24, 2.45) is 0 Å². The summed E-state index contributed by atoms with van der Waals surface area (Å²) in [6.07, 6.45) is 0. The van der Waals surface area contributed by atoms with Crippen LogP contribution in [-0.4, -0.2) is 9.38 Å². The van der Waals surface area contributed by atoms with Gasteiger partial charge in [-0.3, -0.25) is 4.40 Å². The highest BCUT2D eigenvalue weighted by molar-refractivity contribution is 9.10. The highest BCUT2D eigenvalue weighted by Crippen LogP contribution is 2.42. The first-order valence-corrected chi connectivity index (χ1v) is 13.2. The maximum atomic E-state index is 5.23. The Bertz CT molecular complexity index is 2120. The van der Waals surface area contributed by atoms with Gasteiger partial charge >= 0.3 is 0 Å². The molecule has 0 spiro atoms. The molecule has 0 aliphatic carbocycles. The Hall–Kier alpha value is -3.73. The molecule has 0 saturated carbocycles. The summed E-state index contributed by atoms with van der Waals surface area (Å²) < 4.78 is 5.96. The van der Waals surface area contributed by atoms with Crippen molar-refractivity contribution in [3.05, 3.63) is 108 Å². The molecule has 0 radical (unpaired) electrons. The summed E-state index contributed by atoms with van der Waals surface area (Å²) in [5, 5.41) is 7.54. The lowest BCUT2D eigenvalue weighted by Crippen LogP contribution is -1.92. The number of rotatable bonds is 1. The molecular formula is C31H17BrN2S. The van der Waals surface area contributed by atoms with Crippen LogP contribution in [0.1, 0.15) is 0 Å². The third kappa shape index (κ3) is 2.84. The van der Waals surface area contributed by atoms with Crippen LogP contribution < -0.4 is 0 Å². The van der Waals surface area contributed by atoms with Gasteiger partial charge in [0.25, 0.3) is 0 Å². The average Bonchev–Trinajstić information content (AvgIpc) is 3.43. The quantitative estimate of drug-likeness (QED) is 0.207. The molecule has 0 N–H and O–H groups in total. The number of hydrogen-bond acceptors (Lipinski definition) is 2. The topological polar surface area (TPSA) is 17.3 Å². The fraction of sp³-hybridized carbons (Fsp3) is 0. The molecule has 0 aliphatic heterocycles. The number of fused-ring (bicyclic) bond motifs is 9. The van der Waals surface area contributed by atoms with E-state index in [1.807, 2.05) is 11.3 Å². The van der Waals surface area contributed by atoms with Crippen molar-refractivity contribution in [2.45, 2.75) is 0 Å². The fourth-order valence-electron chi connectivity index (χ4n) is 5.30. The molecule has 5 aromatic carbocycles. The monoisotopic (exact) mass is 528 g/mol. The molecule has 4 heteroatoms. The third-order valence-electron chi connectivity index (χ3n) is 6.98. The molecule has 3 aromatic heterocycles. The van der Waals surface area contributed by atoms with E-state index in [1.165, 1.54) is 47.3 Å².